The zero-order chi connectivity index (χ0) is 25.2. The van der Waals surface area contributed by atoms with E-state index in [-0.39, 0.29) is 24.2 Å². The van der Waals surface area contributed by atoms with Crippen LogP contribution >= 0.6 is 27.3 Å². The van der Waals surface area contributed by atoms with Crippen molar-refractivity contribution in [2.75, 3.05) is 6.61 Å². The molecule has 0 amide bonds. The van der Waals surface area contributed by atoms with Gasteiger partial charge in [-0.1, -0.05) is 0 Å². The Morgan fingerprint density at radius 2 is 2.20 bits per heavy atom. The molecule has 4 rings (SSSR count). The number of ketones is 1. The number of nitriles is 1. The fourth-order valence-corrected chi connectivity index (χ4v) is 6.01. The van der Waals surface area contributed by atoms with Crippen molar-refractivity contribution in [1.29, 1.82) is 5.26 Å². The molecule has 13 heteroatoms. The smallest absolute Gasteiger partial charge is 0.333 e. The Morgan fingerprint density at radius 1 is 1.40 bits per heavy atom. The number of nitrogens with two attached hydrogens (primary N) is 1. The molecule has 0 bridgehead atoms. The SMILES string of the molecule is N#Cc1cc(Br)cn1Cc1csc(C(=O)c2cncnc2C[C@@H]2C[C@H](COS(N)(=O)=O)[C@@H](O)C2)c1. The van der Waals surface area contributed by atoms with Crippen molar-refractivity contribution in [3.8, 4) is 6.07 Å². The summed E-state index contributed by atoms with van der Waals surface area (Å²) in [6.45, 7) is 0.272. The van der Waals surface area contributed by atoms with Gasteiger partial charge in [0.1, 0.15) is 18.1 Å². The van der Waals surface area contributed by atoms with Crippen molar-refractivity contribution in [3.05, 3.63) is 68.1 Å². The molecule has 1 saturated carbocycles. The second kappa shape index (κ2) is 10.7. The summed E-state index contributed by atoms with van der Waals surface area (Å²) >= 11 is 4.69. The van der Waals surface area contributed by atoms with Crippen LogP contribution in [0.1, 0.15) is 45.0 Å². The molecule has 0 aliphatic heterocycles. The number of thiophene rings is 1. The Kier molecular flexibility index (Phi) is 7.80. The van der Waals surface area contributed by atoms with Gasteiger partial charge >= 0.3 is 10.3 Å². The van der Waals surface area contributed by atoms with E-state index < -0.39 is 16.4 Å². The fourth-order valence-electron chi connectivity index (χ4n) is 4.33. The zero-order valence-electron chi connectivity index (χ0n) is 18.4. The first-order valence-corrected chi connectivity index (χ1v) is 13.8. The first-order chi connectivity index (χ1) is 16.6. The zero-order valence-corrected chi connectivity index (χ0v) is 21.6. The number of aliphatic hydroxyl groups is 1. The highest BCUT2D eigenvalue weighted by Gasteiger charge is 2.35. The van der Waals surface area contributed by atoms with E-state index in [9.17, 15) is 23.6 Å². The van der Waals surface area contributed by atoms with Gasteiger partial charge < -0.3 is 9.67 Å². The molecular weight excluding hydrogens is 558 g/mol. The second-order valence-electron chi connectivity index (χ2n) is 8.46. The van der Waals surface area contributed by atoms with E-state index in [4.69, 9.17) is 5.14 Å². The molecule has 0 spiro atoms. The summed E-state index contributed by atoms with van der Waals surface area (Å²) in [4.78, 5) is 22.2. The highest BCUT2D eigenvalue weighted by molar-refractivity contribution is 9.10. The number of aromatic nitrogens is 3. The fraction of sp³-hybridized carbons (Fsp3) is 0.364. The van der Waals surface area contributed by atoms with E-state index >= 15 is 0 Å². The Balaban J connectivity index is 1.46. The molecule has 3 heterocycles. The number of aliphatic hydroxyl groups excluding tert-OH is 1. The molecule has 3 atom stereocenters. The minimum absolute atomic E-state index is 0.00369. The number of carbonyl (C=O) groups is 1. The van der Waals surface area contributed by atoms with E-state index in [1.165, 1.54) is 23.9 Å². The average molecular weight is 580 g/mol. The lowest BCUT2D eigenvalue weighted by Gasteiger charge is -2.13. The number of hydrogen-bond acceptors (Lipinski definition) is 9. The largest absolute Gasteiger partial charge is 0.393 e. The van der Waals surface area contributed by atoms with Crippen LogP contribution in [-0.2, 0) is 27.5 Å². The van der Waals surface area contributed by atoms with Crippen molar-refractivity contribution < 1.29 is 22.5 Å². The second-order valence-corrected chi connectivity index (χ2v) is 11.5. The van der Waals surface area contributed by atoms with E-state index in [1.54, 1.807) is 16.7 Å². The summed E-state index contributed by atoms with van der Waals surface area (Å²) in [7, 11) is -4.08. The Hall–Kier alpha value is -2.47. The van der Waals surface area contributed by atoms with E-state index in [0.29, 0.717) is 47.6 Å². The molecule has 3 aromatic heterocycles. The molecule has 0 radical (unpaired) electrons. The molecule has 10 nitrogen and oxygen atoms in total. The van der Waals surface area contributed by atoms with Crippen molar-refractivity contribution in [3.63, 3.8) is 0 Å². The summed E-state index contributed by atoms with van der Waals surface area (Å²) in [6.07, 6.45) is 5.36. The minimum Gasteiger partial charge on any atom is -0.393 e. The number of hydrogen-bond donors (Lipinski definition) is 2. The van der Waals surface area contributed by atoms with Gasteiger partial charge in [-0.05, 0) is 64.2 Å². The van der Waals surface area contributed by atoms with Crippen molar-refractivity contribution in [1.82, 2.24) is 14.5 Å². The monoisotopic (exact) mass is 579 g/mol. The van der Waals surface area contributed by atoms with Crippen LogP contribution in [0, 0.1) is 23.2 Å². The Labute approximate surface area is 214 Å². The van der Waals surface area contributed by atoms with Gasteiger partial charge in [-0.25, -0.2) is 15.1 Å². The van der Waals surface area contributed by atoms with Gasteiger partial charge in [0.25, 0.3) is 0 Å². The molecule has 1 aliphatic carbocycles. The summed E-state index contributed by atoms with van der Waals surface area (Å²) in [5, 5.41) is 26.4. The van der Waals surface area contributed by atoms with Crippen LogP contribution in [-0.4, -0.2) is 46.6 Å². The summed E-state index contributed by atoms with van der Waals surface area (Å²) < 4.78 is 29.4. The van der Waals surface area contributed by atoms with Crippen LogP contribution in [0.25, 0.3) is 0 Å². The first-order valence-electron chi connectivity index (χ1n) is 10.6. The van der Waals surface area contributed by atoms with Gasteiger partial charge in [-0.15, -0.1) is 11.3 Å². The van der Waals surface area contributed by atoms with E-state index in [2.05, 4.69) is 36.2 Å². The molecule has 0 unspecified atom stereocenters. The topological polar surface area (TPSA) is 161 Å². The van der Waals surface area contributed by atoms with Gasteiger partial charge in [0.2, 0.25) is 5.78 Å². The lowest BCUT2D eigenvalue weighted by Crippen LogP contribution is -2.24. The summed E-state index contributed by atoms with van der Waals surface area (Å²) in [5.41, 5.74) is 2.38. The van der Waals surface area contributed by atoms with Crippen LogP contribution in [0.15, 0.2) is 40.7 Å². The van der Waals surface area contributed by atoms with Gasteiger partial charge in [-0.3, -0.25) is 8.98 Å². The standard InChI is InChI=1S/C22H22BrN5O5S2/c23-16-5-17(6-24)28(9-16)8-14-4-21(34-11-14)22(30)18-7-26-12-27-19(18)2-13-1-15(20(29)3-13)10-33-35(25,31)32/h4-5,7,9,11-13,15,20,29H,1-3,8,10H2,(H2,25,31,32)/t13-,15+,20-/m0/s1. The van der Waals surface area contributed by atoms with Crippen LogP contribution < -0.4 is 5.14 Å². The molecule has 1 aliphatic rings. The predicted octanol–water partition coefficient (Wildman–Crippen LogP) is 2.40. The van der Waals surface area contributed by atoms with E-state index in [0.717, 1.165) is 10.0 Å². The third kappa shape index (κ3) is 6.40. The van der Waals surface area contributed by atoms with E-state index in [1.807, 2.05) is 11.6 Å². The van der Waals surface area contributed by atoms with Crippen molar-refractivity contribution in [2.45, 2.75) is 31.9 Å². The first kappa shape index (κ1) is 25.6. The molecule has 3 aromatic rings. The Morgan fingerprint density at radius 3 is 2.94 bits per heavy atom. The molecule has 0 saturated heterocycles. The van der Waals surface area contributed by atoms with Crippen LogP contribution in [0.3, 0.4) is 0 Å². The number of halogens is 1. The molecular formula is C22H22BrN5O5S2. The predicted molar refractivity (Wildman–Crippen MR) is 131 cm³/mol. The summed E-state index contributed by atoms with van der Waals surface area (Å²) in [5.74, 6) is -0.569. The minimum atomic E-state index is -4.08. The van der Waals surface area contributed by atoms with Crippen molar-refractivity contribution in [2.24, 2.45) is 17.0 Å². The quantitative estimate of drug-likeness (QED) is 0.365. The maximum Gasteiger partial charge on any atom is 0.333 e. The molecule has 1 fully saturated rings. The third-order valence-electron chi connectivity index (χ3n) is 5.93. The summed E-state index contributed by atoms with van der Waals surface area (Å²) in [6, 6.07) is 5.68. The van der Waals surface area contributed by atoms with Crippen LogP contribution in [0.2, 0.25) is 0 Å². The lowest BCUT2D eigenvalue weighted by molar-refractivity contribution is 0.100. The van der Waals surface area contributed by atoms with Gasteiger partial charge in [0.05, 0.1) is 28.8 Å². The highest BCUT2D eigenvalue weighted by Crippen LogP contribution is 2.34. The number of nitrogens with zero attached hydrogens (tertiary/aromatic N) is 4. The third-order valence-corrected chi connectivity index (χ3v) is 7.81. The Bertz CT molecular complexity index is 1380. The van der Waals surface area contributed by atoms with Crippen LogP contribution in [0.5, 0.6) is 0 Å². The normalized spacial score (nSPS) is 20.1. The maximum atomic E-state index is 13.3. The van der Waals surface area contributed by atoms with Gasteiger partial charge in [0.15, 0.2) is 0 Å². The van der Waals surface area contributed by atoms with Crippen LogP contribution in [0.4, 0.5) is 0 Å². The maximum absolute atomic E-state index is 13.3. The molecule has 0 aromatic carbocycles. The molecule has 35 heavy (non-hydrogen) atoms. The average Bonchev–Trinajstić information content (AvgIpc) is 3.50. The highest BCUT2D eigenvalue weighted by atomic mass is 79.9. The number of rotatable bonds is 9. The molecule has 184 valence electrons. The number of carbonyl (C=O) groups excluding carboxylic acids is 1. The molecule has 3 N–H and O–H groups in total. The van der Waals surface area contributed by atoms with Gasteiger partial charge in [0, 0.05) is 29.3 Å². The lowest BCUT2D eigenvalue weighted by atomic mass is 9.96. The van der Waals surface area contributed by atoms with Crippen molar-refractivity contribution >= 4 is 43.4 Å². The van der Waals surface area contributed by atoms with Gasteiger partial charge in [-0.2, -0.15) is 13.7 Å².